The number of benzene rings is 1. The first-order valence-electron chi connectivity index (χ1n) is 7.92. The molecule has 1 N–H and O–H groups in total. The highest BCUT2D eigenvalue weighted by atomic mass is 19.2. The molecular formula is C17H21F2NO2. The lowest BCUT2D eigenvalue weighted by molar-refractivity contribution is -0.131. The summed E-state index contributed by atoms with van der Waals surface area (Å²) < 4.78 is 32.7. The second kappa shape index (κ2) is 6.32. The van der Waals surface area contributed by atoms with Gasteiger partial charge in [-0.2, -0.15) is 0 Å². The Balaban J connectivity index is 1.82. The molecular weight excluding hydrogens is 288 g/mol. The van der Waals surface area contributed by atoms with E-state index in [-0.39, 0.29) is 24.2 Å². The Bertz CT molecular complexity index is 564. The molecule has 1 aromatic rings. The first kappa shape index (κ1) is 15.4. The van der Waals surface area contributed by atoms with E-state index in [4.69, 9.17) is 4.74 Å². The summed E-state index contributed by atoms with van der Waals surface area (Å²) in [6.07, 6.45) is 4.64. The van der Waals surface area contributed by atoms with Crippen LogP contribution in [0.4, 0.5) is 8.78 Å². The molecule has 2 fully saturated rings. The zero-order chi connectivity index (χ0) is 15.7. The third-order valence-corrected chi connectivity index (χ3v) is 4.78. The zero-order valence-corrected chi connectivity index (χ0v) is 12.6. The summed E-state index contributed by atoms with van der Waals surface area (Å²) in [6, 6.07) is 3.94. The van der Waals surface area contributed by atoms with Crippen LogP contribution in [0, 0.1) is 17.6 Å². The maximum Gasteiger partial charge on any atom is 0.217 e. The fraction of sp³-hybridized carbons (Fsp3) is 0.588. The quantitative estimate of drug-likeness (QED) is 0.908. The van der Waals surface area contributed by atoms with Crippen molar-refractivity contribution in [2.24, 2.45) is 5.92 Å². The van der Waals surface area contributed by atoms with E-state index >= 15 is 0 Å². The first-order valence-corrected chi connectivity index (χ1v) is 7.92. The van der Waals surface area contributed by atoms with Gasteiger partial charge in [-0.15, -0.1) is 0 Å². The van der Waals surface area contributed by atoms with Gasteiger partial charge in [0.05, 0.1) is 12.2 Å². The standard InChI is InChI=1S/C17H21F2NO2/c1-10(21)20-15-9-17(11-6-7-13(18)14(19)8-11)22-16-5-3-2-4-12(15)16/h6-8,12,15-17H,2-5,9H2,1H3,(H,20,21)/t12-,15+,16+,17+/m0/s1. The molecule has 0 bridgehead atoms. The predicted octanol–water partition coefficient (Wildman–Crippen LogP) is 3.49. The molecule has 1 saturated carbocycles. The zero-order valence-electron chi connectivity index (χ0n) is 12.6. The number of carbonyl (C=O) groups excluding carboxylic acids is 1. The minimum absolute atomic E-state index is 0.0367. The highest BCUT2D eigenvalue weighted by Crippen LogP contribution is 2.41. The van der Waals surface area contributed by atoms with Gasteiger partial charge in [-0.3, -0.25) is 4.79 Å². The minimum Gasteiger partial charge on any atom is -0.370 e. The Morgan fingerprint density at radius 2 is 2.00 bits per heavy atom. The number of rotatable bonds is 2. The molecule has 0 spiro atoms. The largest absolute Gasteiger partial charge is 0.370 e. The Morgan fingerprint density at radius 1 is 1.23 bits per heavy atom. The second-order valence-corrected chi connectivity index (χ2v) is 6.33. The van der Waals surface area contributed by atoms with Crippen LogP contribution in [0.2, 0.25) is 0 Å². The summed E-state index contributed by atoms with van der Waals surface area (Å²) in [4.78, 5) is 11.5. The Labute approximate surface area is 129 Å². The number of fused-ring (bicyclic) bond motifs is 1. The van der Waals surface area contributed by atoms with Gasteiger partial charge in [-0.1, -0.05) is 18.9 Å². The van der Waals surface area contributed by atoms with Crippen LogP contribution >= 0.6 is 0 Å². The highest BCUT2D eigenvalue weighted by Gasteiger charge is 2.40. The number of carbonyl (C=O) groups is 1. The van der Waals surface area contributed by atoms with Crippen LogP contribution in [-0.2, 0) is 9.53 Å². The molecule has 4 atom stereocenters. The predicted molar refractivity (Wildman–Crippen MR) is 78.2 cm³/mol. The van der Waals surface area contributed by atoms with Gasteiger partial charge >= 0.3 is 0 Å². The number of halogens is 2. The molecule has 1 saturated heterocycles. The Morgan fingerprint density at radius 3 is 2.73 bits per heavy atom. The van der Waals surface area contributed by atoms with Gasteiger partial charge in [0.1, 0.15) is 0 Å². The third-order valence-electron chi connectivity index (χ3n) is 4.78. The van der Waals surface area contributed by atoms with Crippen LogP contribution in [0.3, 0.4) is 0 Å². The van der Waals surface area contributed by atoms with Crippen LogP contribution in [0.5, 0.6) is 0 Å². The van der Waals surface area contributed by atoms with Crippen molar-refractivity contribution in [3.05, 3.63) is 35.4 Å². The molecule has 0 unspecified atom stereocenters. The van der Waals surface area contributed by atoms with Crippen molar-refractivity contribution in [2.75, 3.05) is 0 Å². The lowest BCUT2D eigenvalue weighted by atomic mass is 9.76. The minimum atomic E-state index is -0.858. The van der Waals surface area contributed by atoms with Gasteiger partial charge in [-0.05, 0) is 37.0 Å². The van der Waals surface area contributed by atoms with Crippen LogP contribution < -0.4 is 5.32 Å². The molecule has 1 aromatic carbocycles. The molecule has 0 aromatic heterocycles. The topological polar surface area (TPSA) is 38.3 Å². The average Bonchev–Trinajstić information content (AvgIpc) is 2.49. The van der Waals surface area contributed by atoms with Crippen molar-refractivity contribution < 1.29 is 18.3 Å². The molecule has 1 aliphatic heterocycles. The fourth-order valence-electron chi connectivity index (χ4n) is 3.78. The van der Waals surface area contributed by atoms with Crippen molar-refractivity contribution in [1.29, 1.82) is 0 Å². The summed E-state index contributed by atoms with van der Waals surface area (Å²) in [6.45, 7) is 1.51. The molecule has 3 nitrogen and oxygen atoms in total. The van der Waals surface area contributed by atoms with Gasteiger partial charge in [-0.25, -0.2) is 8.78 Å². The van der Waals surface area contributed by atoms with Crippen LogP contribution in [0.15, 0.2) is 18.2 Å². The van der Waals surface area contributed by atoms with E-state index in [9.17, 15) is 13.6 Å². The number of amides is 1. The average molecular weight is 309 g/mol. The van der Waals surface area contributed by atoms with Crippen LogP contribution in [0.25, 0.3) is 0 Å². The molecule has 3 rings (SSSR count). The van der Waals surface area contributed by atoms with Crippen molar-refractivity contribution in [1.82, 2.24) is 5.32 Å². The van der Waals surface area contributed by atoms with Crippen LogP contribution in [0.1, 0.15) is 50.7 Å². The van der Waals surface area contributed by atoms with Gasteiger partial charge < -0.3 is 10.1 Å². The van der Waals surface area contributed by atoms with E-state index in [1.54, 1.807) is 6.07 Å². The summed E-state index contributed by atoms with van der Waals surface area (Å²) in [7, 11) is 0. The number of hydrogen-bond donors (Lipinski definition) is 1. The lowest BCUT2D eigenvalue weighted by Gasteiger charge is -2.45. The number of nitrogens with one attached hydrogen (secondary N) is 1. The van der Waals surface area contributed by atoms with Crippen molar-refractivity contribution in [3.8, 4) is 0 Å². The molecule has 5 heteroatoms. The maximum absolute atomic E-state index is 13.5. The van der Waals surface area contributed by atoms with Crippen molar-refractivity contribution >= 4 is 5.91 Å². The van der Waals surface area contributed by atoms with E-state index in [2.05, 4.69) is 5.32 Å². The summed E-state index contributed by atoms with van der Waals surface area (Å²) in [5, 5.41) is 3.02. The van der Waals surface area contributed by atoms with E-state index < -0.39 is 11.6 Å². The van der Waals surface area contributed by atoms with Gasteiger partial charge in [0.25, 0.3) is 0 Å². The molecule has 22 heavy (non-hydrogen) atoms. The summed E-state index contributed by atoms with van der Waals surface area (Å²) in [5.74, 6) is -1.45. The normalized spacial score (nSPS) is 31.4. The first-order chi connectivity index (χ1) is 10.5. The SMILES string of the molecule is CC(=O)N[C@@H]1C[C@H](c2ccc(F)c(F)c2)O[C@@H]2CCCC[C@@H]12. The van der Waals surface area contributed by atoms with Gasteiger partial charge in [0.15, 0.2) is 11.6 Å². The van der Waals surface area contributed by atoms with E-state index in [0.29, 0.717) is 17.9 Å². The maximum atomic E-state index is 13.5. The third kappa shape index (κ3) is 3.14. The fourth-order valence-corrected chi connectivity index (χ4v) is 3.78. The van der Waals surface area contributed by atoms with E-state index in [1.807, 2.05) is 0 Å². The molecule has 120 valence electrons. The summed E-state index contributed by atoms with van der Waals surface area (Å²) in [5.41, 5.74) is 0.637. The molecule has 0 radical (unpaired) electrons. The molecule has 2 aliphatic rings. The van der Waals surface area contributed by atoms with Crippen LogP contribution in [-0.4, -0.2) is 18.1 Å². The van der Waals surface area contributed by atoms with Gasteiger partial charge in [0, 0.05) is 18.9 Å². The van der Waals surface area contributed by atoms with Gasteiger partial charge in [0.2, 0.25) is 5.91 Å². The monoisotopic (exact) mass is 309 g/mol. The van der Waals surface area contributed by atoms with Crippen molar-refractivity contribution in [2.45, 2.75) is 57.3 Å². The summed E-state index contributed by atoms with van der Waals surface area (Å²) >= 11 is 0. The van der Waals surface area contributed by atoms with E-state index in [0.717, 1.165) is 31.7 Å². The molecule has 1 amide bonds. The molecule has 1 aliphatic carbocycles. The number of ether oxygens (including phenoxy) is 1. The molecule has 1 heterocycles. The Kier molecular flexibility index (Phi) is 4.43. The lowest BCUT2D eigenvalue weighted by Crippen LogP contribution is -2.50. The Hall–Kier alpha value is -1.49. The number of hydrogen-bond acceptors (Lipinski definition) is 2. The smallest absolute Gasteiger partial charge is 0.217 e. The van der Waals surface area contributed by atoms with Crippen molar-refractivity contribution in [3.63, 3.8) is 0 Å². The second-order valence-electron chi connectivity index (χ2n) is 6.33. The highest BCUT2D eigenvalue weighted by molar-refractivity contribution is 5.73. The van der Waals surface area contributed by atoms with E-state index in [1.165, 1.54) is 13.0 Å².